The second-order valence-corrected chi connectivity index (χ2v) is 3.81. The summed E-state index contributed by atoms with van der Waals surface area (Å²) in [5.41, 5.74) is 0. The van der Waals surface area contributed by atoms with Gasteiger partial charge in [-0.3, -0.25) is 4.79 Å². The third-order valence-electron chi connectivity index (χ3n) is 3.33. The molecule has 2 bridgehead atoms. The van der Waals surface area contributed by atoms with Gasteiger partial charge in [-0.1, -0.05) is 18.2 Å². The van der Waals surface area contributed by atoms with Crippen molar-refractivity contribution >= 4 is 5.78 Å². The summed E-state index contributed by atoms with van der Waals surface area (Å²) < 4.78 is 0. The van der Waals surface area contributed by atoms with E-state index in [0.29, 0.717) is 29.5 Å². The van der Waals surface area contributed by atoms with E-state index in [2.05, 4.69) is 18.2 Å². The highest BCUT2D eigenvalue weighted by molar-refractivity contribution is 5.95. The van der Waals surface area contributed by atoms with Crippen molar-refractivity contribution in [3.63, 3.8) is 0 Å². The quantitative estimate of drug-likeness (QED) is 0.474. The number of carbonyl (C=O) groups is 1. The first-order valence-electron chi connectivity index (χ1n) is 4.26. The van der Waals surface area contributed by atoms with Crippen LogP contribution in [0.1, 0.15) is 6.42 Å². The van der Waals surface area contributed by atoms with Crippen molar-refractivity contribution < 1.29 is 4.79 Å². The number of rotatable bonds is 0. The Labute approximate surface area is 65.8 Å². The fourth-order valence-electron chi connectivity index (χ4n) is 2.84. The van der Waals surface area contributed by atoms with E-state index in [9.17, 15) is 4.79 Å². The van der Waals surface area contributed by atoms with Gasteiger partial charge in [0.05, 0.1) is 0 Å². The molecule has 0 aliphatic heterocycles. The van der Waals surface area contributed by atoms with E-state index in [1.54, 1.807) is 6.08 Å². The first-order chi connectivity index (χ1) is 5.36. The number of hydrogen-bond donors (Lipinski definition) is 0. The summed E-state index contributed by atoms with van der Waals surface area (Å²) in [5.74, 6) is 2.54. The van der Waals surface area contributed by atoms with Crippen molar-refractivity contribution in [3.05, 3.63) is 24.3 Å². The molecule has 0 saturated heterocycles. The van der Waals surface area contributed by atoms with Crippen LogP contribution in [0.3, 0.4) is 0 Å². The average molecular weight is 146 g/mol. The zero-order valence-electron chi connectivity index (χ0n) is 6.23. The number of hydrogen-bond acceptors (Lipinski definition) is 1. The minimum absolute atomic E-state index is 0.338. The van der Waals surface area contributed by atoms with Crippen molar-refractivity contribution in [2.24, 2.45) is 23.7 Å². The van der Waals surface area contributed by atoms with Gasteiger partial charge in [0.2, 0.25) is 0 Å². The molecule has 1 nitrogen and oxygen atoms in total. The monoisotopic (exact) mass is 146 g/mol. The summed E-state index contributed by atoms with van der Waals surface area (Å²) in [6.07, 6.45) is 9.64. The van der Waals surface area contributed by atoms with Gasteiger partial charge >= 0.3 is 0 Å². The van der Waals surface area contributed by atoms with Crippen molar-refractivity contribution in [1.29, 1.82) is 0 Å². The second-order valence-electron chi connectivity index (χ2n) is 3.81. The highest BCUT2D eigenvalue weighted by atomic mass is 16.1. The molecule has 0 amide bonds. The van der Waals surface area contributed by atoms with Gasteiger partial charge in [-0.05, 0) is 30.3 Å². The van der Waals surface area contributed by atoms with Gasteiger partial charge in [0.15, 0.2) is 5.78 Å². The normalized spacial score (nSPS) is 50.7. The van der Waals surface area contributed by atoms with E-state index in [1.165, 1.54) is 6.42 Å². The van der Waals surface area contributed by atoms with Gasteiger partial charge in [-0.15, -0.1) is 0 Å². The van der Waals surface area contributed by atoms with Gasteiger partial charge in [0, 0.05) is 5.92 Å². The molecule has 0 spiro atoms. The molecule has 1 heteroatoms. The molecule has 0 aromatic rings. The molecular weight excluding hydrogens is 136 g/mol. The molecule has 0 unspecified atom stereocenters. The van der Waals surface area contributed by atoms with Crippen LogP contribution in [-0.2, 0) is 4.79 Å². The summed E-state index contributed by atoms with van der Waals surface area (Å²) in [4.78, 5) is 11.3. The molecule has 0 aromatic carbocycles. The predicted molar refractivity (Wildman–Crippen MR) is 41.9 cm³/mol. The lowest BCUT2D eigenvalue weighted by molar-refractivity contribution is -0.118. The highest BCUT2D eigenvalue weighted by Gasteiger charge is 2.48. The first kappa shape index (κ1) is 5.76. The van der Waals surface area contributed by atoms with Crippen LogP contribution in [0.25, 0.3) is 0 Å². The Morgan fingerprint density at radius 1 is 1.18 bits per heavy atom. The summed E-state index contributed by atoms with van der Waals surface area (Å²) >= 11 is 0. The van der Waals surface area contributed by atoms with Crippen LogP contribution in [0.5, 0.6) is 0 Å². The second kappa shape index (κ2) is 1.66. The van der Waals surface area contributed by atoms with Crippen LogP contribution in [0.4, 0.5) is 0 Å². The summed E-state index contributed by atoms with van der Waals surface area (Å²) in [6.45, 7) is 0. The molecule has 0 heterocycles. The molecule has 0 radical (unpaired) electrons. The maximum atomic E-state index is 11.3. The van der Waals surface area contributed by atoms with E-state index in [-0.39, 0.29) is 0 Å². The molecule has 0 aromatic heterocycles. The number of ketones is 1. The fourth-order valence-corrected chi connectivity index (χ4v) is 2.84. The Morgan fingerprint density at radius 3 is 2.82 bits per heavy atom. The molecule has 3 aliphatic carbocycles. The standard InChI is InChI=1S/C10H10O/c11-9-4-3-8-6-1-2-7(5-6)10(8)9/h1-4,6-8,10H,5H2/t6-,7-,8-,10-/m0/s1. The van der Waals surface area contributed by atoms with Crippen LogP contribution in [0.2, 0.25) is 0 Å². The number of carbonyl (C=O) groups excluding carboxylic acids is 1. The van der Waals surface area contributed by atoms with Gasteiger partial charge < -0.3 is 0 Å². The largest absolute Gasteiger partial charge is 0.295 e. The third kappa shape index (κ3) is 0.550. The van der Waals surface area contributed by atoms with E-state index in [1.807, 2.05) is 0 Å². The summed E-state index contributed by atoms with van der Waals surface area (Å²) in [6, 6.07) is 0. The summed E-state index contributed by atoms with van der Waals surface area (Å²) in [7, 11) is 0. The molecule has 0 N–H and O–H groups in total. The Morgan fingerprint density at radius 2 is 2.00 bits per heavy atom. The minimum atomic E-state index is 0.338. The molecule has 4 atom stereocenters. The SMILES string of the molecule is O=C1C=C[C@@H]2[C@@H]1[C@H]1C=C[C@H]2C1. The zero-order chi connectivity index (χ0) is 7.42. The van der Waals surface area contributed by atoms with E-state index in [0.717, 1.165) is 0 Å². The Bertz CT molecular complexity index is 275. The van der Waals surface area contributed by atoms with Gasteiger partial charge in [0.25, 0.3) is 0 Å². The van der Waals surface area contributed by atoms with Gasteiger partial charge in [-0.2, -0.15) is 0 Å². The van der Waals surface area contributed by atoms with Gasteiger partial charge in [0.1, 0.15) is 0 Å². The molecule has 56 valence electrons. The molecular formula is C10H10O. The van der Waals surface area contributed by atoms with E-state index >= 15 is 0 Å². The first-order valence-corrected chi connectivity index (χ1v) is 4.26. The van der Waals surface area contributed by atoms with Crippen molar-refractivity contribution in [1.82, 2.24) is 0 Å². The topological polar surface area (TPSA) is 17.1 Å². The lowest BCUT2D eigenvalue weighted by atomic mass is 9.85. The zero-order valence-corrected chi connectivity index (χ0v) is 6.23. The Balaban J connectivity index is 2.08. The van der Waals surface area contributed by atoms with Gasteiger partial charge in [-0.25, -0.2) is 0 Å². The number of allylic oxidation sites excluding steroid dienone is 4. The Hall–Kier alpha value is -0.850. The molecule has 1 saturated carbocycles. The smallest absolute Gasteiger partial charge is 0.159 e. The van der Waals surface area contributed by atoms with Crippen LogP contribution in [0.15, 0.2) is 24.3 Å². The summed E-state index contributed by atoms with van der Waals surface area (Å²) in [5, 5.41) is 0. The average Bonchev–Trinajstić information content (AvgIpc) is 2.60. The van der Waals surface area contributed by atoms with Crippen LogP contribution < -0.4 is 0 Å². The molecule has 11 heavy (non-hydrogen) atoms. The highest BCUT2D eigenvalue weighted by Crippen LogP contribution is 2.51. The van der Waals surface area contributed by atoms with Crippen LogP contribution in [-0.4, -0.2) is 5.78 Å². The minimum Gasteiger partial charge on any atom is -0.295 e. The van der Waals surface area contributed by atoms with Crippen molar-refractivity contribution in [3.8, 4) is 0 Å². The fraction of sp³-hybridized carbons (Fsp3) is 0.500. The predicted octanol–water partition coefficient (Wildman–Crippen LogP) is 1.56. The molecule has 3 rings (SSSR count). The van der Waals surface area contributed by atoms with Crippen molar-refractivity contribution in [2.45, 2.75) is 6.42 Å². The molecule has 1 fully saturated rings. The lowest BCUT2D eigenvalue weighted by Gasteiger charge is -2.17. The van der Waals surface area contributed by atoms with E-state index < -0.39 is 0 Å². The maximum Gasteiger partial charge on any atom is 0.159 e. The van der Waals surface area contributed by atoms with Crippen molar-refractivity contribution in [2.75, 3.05) is 0 Å². The van der Waals surface area contributed by atoms with Crippen LogP contribution in [0, 0.1) is 23.7 Å². The third-order valence-corrected chi connectivity index (χ3v) is 3.33. The number of fused-ring (bicyclic) bond motifs is 5. The van der Waals surface area contributed by atoms with Crippen LogP contribution >= 0.6 is 0 Å². The van der Waals surface area contributed by atoms with E-state index in [4.69, 9.17) is 0 Å². The maximum absolute atomic E-state index is 11.3. The lowest BCUT2D eigenvalue weighted by Crippen LogP contribution is -2.19. The molecule has 3 aliphatic rings. The Kier molecular flexibility index (Phi) is 0.867.